The first-order valence-corrected chi connectivity index (χ1v) is 8.51. The van der Waals surface area contributed by atoms with Crippen LogP contribution in [0.2, 0.25) is 0 Å². The average molecular weight is 286 g/mol. The van der Waals surface area contributed by atoms with Crippen molar-refractivity contribution in [3.05, 3.63) is 29.3 Å². The zero-order chi connectivity index (χ0) is 14.2. The molecule has 21 heavy (non-hydrogen) atoms. The van der Waals surface area contributed by atoms with Crippen LogP contribution in [-0.4, -0.2) is 43.2 Å². The van der Waals surface area contributed by atoms with Crippen molar-refractivity contribution < 1.29 is 4.74 Å². The van der Waals surface area contributed by atoms with Crippen molar-refractivity contribution in [2.75, 3.05) is 26.2 Å². The number of rotatable bonds is 4. The van der Waals surface area contributed by atoms with E-state index in [0.717, 1.165) is 30.7 Å². The molecule has 1 aliphatic carbocycles. The molecule has 114 valence electrons. The lowest BCUT2D eigenvalue weighted by Crippen LogP contribution is -2.56. The smallest absolute Gasteiger partial charge is 0.122 e. The predicted molar refractivity (Wildman–Crippen MR) is 84.9 cm³/mol. The van der Waals surface area contributed by atoms with Gasteiger partial charge in [-0.15, -0.1) is 0 Å². The molecule has 0 bridgehead atoms. The highest BCUT2D eigenvalue weighted by Gasteiger charge is 2.37. The van der Waals surface area contributed by atoms with E-state index < -0.39 is 0 Å². The van der Waals surface area contributed by atoms with Crippen LogP contribution in [0.15, 0.2) is 18.2 Å². The van der Waals surface area contributed by atoms with Gasteiger partial charge in [0.15, 0.2) is 0 Å². The first-order chi connectivity index (χ1) is 10.3. The van der Waals surface area contributed by atoms with Crippen molar-refractivity contribution in [1.29, 1.82) is 0 Å². The number of hydrogen-bond acceptors (Lipinski definition) is 3. The van der Waals surface area contributed by atoms with E-state index in [4.69, 9.17) is 4.74 Å². The maximum Gasteiger partial charge on any atom is 0.122 e. The van der Waals surface area contributed by atoms with Crippen LogP contribution in [0.5, 0.6) is 5.75 Å². The van der Waals surface area contributed by atoms with Crippen molar-refractivity contribution in [3.8, 4) is 5.75 Å². The van der Waals surface area contributed by atoms with Gasteiger partial charge in [0.2, 0.25) is 0 Å². The van der Waals surface area contributed by atoms with Gasteiger partial charge in [0.05, 0.1) is 6.61 Å². The van der Waals surface area contributed by atoms with Gasteiger partial charge in [0.1, 0.15) is 5.75 Å². The minimum absolute atomic E-state index is 0.633. The Hall–Kier alpha value is -1.06. The quantitative estimate of drug-likeness (QED) is 0.918. The number of benzene rings is 1. The van der Waals surface area contributed by atoms with Crippen LogP contribution in [0, 0.1) is 5.92 Å². The highest BCUT2D eigenvalue weighted by atomic mass is 16.5. The minimum atomic E-state index is 0.633. The topological polar surface area (TPSA) is 24.5 Å². The molecule has 0 amide bonds. The lowest BCUT2D eigenvalue weighted by Gasteiger charge is -2.39. The molecule has 1 aromatic rings. The summed E-state index contributed by atoms with van der Waals surface area (Å²) in [5.74, 6) is 2.06. The van der Waals surface area contributed by atoms with Crippen LogP contribution in [0.4, 0.5) is 0 Å². The number of ether oxygens (including phenoxy) is 1. The number of piperazine rings is 1. The largest absolute Gasteiger partial charge is 0.493 e. The van der Waals surface area contributed by atoms with E-state index in [1.165, 1.54) is 50.0 Å². The van der Waals surface area contributed by atoms with Gasteiger partial charge < -0.3 is 10.1 Å². The molecular weight excluding hydrogens is 260 g/mol. The fourth-order valence-corrected chi connectivity index (χ4v) is 3.87. The van der Waals surface area contributed by atoms with Crippen LogP contribution in [0.3, 0.4) is 0 Å². The highest BCUT2D eigenvalue weighted by Crippen LogP contribution is 2.36. The summed E-state index contributed by atoms with van der Waals surface area (Å²) < 4.78 is 5.60. The molecular formula is C18H26N2O. The monoisotopic (exact) mass is 286 g/mol. The van der Waals surface area contributed by atoms with Crippen molar-refractivity contribution >= 4 is 0 Å². The summed E-state index contributed by atoms with van der Waals surface area (Å²) in [4.78, 5) is 2.74. The Balaban J connectivity index is 1.40. The summed E-state index contributed by atoms with van der Waals surface area (Å²) in [5, 5.41) is 3.66. The molecule has 0 aromatic heterocycles. The maximum absolute atomic E-state index is 5.60. The van der Waals surface area contributed by atoms with Crippen LogP contribution in [-0.2, 0) is 12.8 Å². The fraction of sp³-hybridized carbons (Fsp3) is 0.667. The lowest BCUT2D eigenvalue weighted by atomic mass is 10.0. The van der Waals surface area contributed by atoms with Crippen LogP contribution < -0.4 is 10.1 Å². The van der Waals surface area contributed by atoms with Crippen molar-refractivity contribution in [3.63, 3.8) is 0 Å². The third-order valence-electron chi connectivity index (χ3n) is 5.26. The Morgan fingerprint density at radius 3 is 3.10 bits per heavy atom. The van der Waals surface area contributed by atoms with E-state index >= 15 is 0 Å². The molecule has 1 saturated carbocycles. The van der Waals surface area contributed by atoms with Gasteiger partial charge in [-0.3, -0.25) is 4.90 Å². The van der Waals surface area contributed by atoms with Crippen molar-refractivity contribution in [1.82, 2.24) is 10.2 Å². The molecule has 1 N–H and O–H groups in total. The van der Waals surface area contributed by atoms with Gasteiger partial charge in [-0.25, -0.2) is 0 Å². The third-order valence-corrected chi connectivity index (χ3v) is 5.26. The minimum Gasteiger partial charge on any atom is -0.493 e. The predicted octanol–water partition coefficient (Wildman–Crippen LogP) is 2.24. The Morgan fingerprint density at radius 2 is 2.24 bits per heavy atom. The molecule has 1 aromatic carbocycles. The van der Waals surface area contributed by atoms with Gasteiger partial charge in [0.25, 0.3) is 0 Å². The first kappa shape index (κ1) is 13.6. The SMILES string of the molecule is CC1CN(CCc2ccc3c(c2)CCO3)C(C2CC2)CN1. The van der Waals surface area contributed by atoms with Gasteiger partial charge >= 0.3 is 0 Å². The molecule has 1 saturated heterocycles. The van der Waals surface area contributed by atoms with Gasteiger partial charge in [0, 0.05) is 38.1 Å². The number of fused-ring (bicyclic) bond motifs is 1. The molecule has 3 nitrogen and oxygen atoms in total. The van der Waals surface area contributed by atoms with E-state index in [1.54, 1.807) is 0 Å². The van der Waals surface area contributed by atoms with E-state index in [0.29, 0.717) is 6.04 Å². The van der Waals surface area contributed by atoms with Crippen molar-refractivity contribution in [2.45, 2.75) is 44.7 Å². The second-order valence-corrected chi connectivity index (χ2v) is 7.00. The summed E-state index contributed by atoms with van der Waals surface area (Å²) in [5.41, 5.74) is 2.87. The first-order valence-electron chi connectivity index (χ1n) is 8.51. The van der Waals surface area contributed by atoms with E-state index in [1.807, 2.05) is 0 Å². The van der Waals surface area contributed by atoms with Gasteiger partial charge in [-0.1, -0.05) is 12.1 Å². The summed E-state index contributed by atoms with van der Waals surface area (Å²) in [6.07, 6.45) is 5.13. The number of hydrogen-bond donors (Lipinski definition) is 1. The van der Waals surface area contributed by atoms with Crippen LogP contribution in [0.25, 0.3) is 0 Å². The highest BCUT2D eigenvalue weighted by molar-refractivity contribution is 5.39. The average Bonchev–Trinajstić information content (AvgIpc) is 3.22. The molecule has 2 fully saturated rings. The van der Waals surface area contributed by atoms with E-state index in [9.17, 15) is 0 Å². The number of nitrogens with zero attached hydrogens (tertiary/aromatic N) is 1. The van der Waals surface area contributed by atoms with E-state index in [-0.39, 0.29) is 0 Å². The Morgan fingerprint density at radius 1 is 1.33 bits per heavy atom. The van der Waals surface area contributed by atoms with Crippen molar-refractivity contribution in [2.24, 2.45) is 5.92 Å². The summed E-state index contributed by atoms with van der Waals surface area (Å²) in [7, 11) is 0. The second-order valence-electron chi connectivity index (χ2n) is 7.00. The molecule has 4 rings (SSSR count). The van der Waals surface area contributed by atoms with Gasteiger partial charge in [-0.2, -0.15) is 0 Å². The molecule has 2 aliphatic heterocycles. The molecule has 2 atom stereocenters. The third kappa shape index (κ3) is 2.95. The zero-order valence-electron chi connectivity index (χ0n) is 13.0. The zero-order valence-corrected chi connectivity index (χ0v) is 13.0. The Labute approximate surface area is 127 Å². The Bertz CT molecular complexity index is 512. The lowest BCUT2D eigenvalue weighted by molar-refractivity contribution is 0.121. The standard InChI is InChI=1S/C18H26N2O/c1-13-12-20(17(11-19-13)15-3-4-15)8-6-14-2-5-18-16(10-14)7-9-21-18/h2,5,10,13,15,17,19H,3-4,6-9,11-12H2,1H3. The summed E-state index contributed by atoms with van der Waals surface area (Å²) in [6, 6.07) is 8.19. The molecule has 0 radical (unpaired) electrons. The van der Waals surface area contributed by atoms with Gasteiger partial charge in [-0.05, 0) is 49.3 Å². The van der Waals surface area contributed by atoms with Crippen LogP contribution >= 0.6 is 0 Å². The molecule has 3 heteroatoms. The normalized spacial score (nSPS) is 29.2. The summed E-state index contributed by atoms with van der Waals surface area (Å²) >= 11 is 0. The number of nitrogens with one attached hydrogen (secondary N) is 1. The van der Waals surface area contributed by atoms with Crippen LogP contribution in [0.1, 0.15) is 30.9 Å². The molecule has 3 aliphatic rings. The van der Waals surface area contributed by atoms with E-state index in [2.05, 4.69) is 35.3 Å². The molecule has 2 unspecified atom stereocenters. The molecule has 0 spiro atoms. The molecule has 2 heterocycles. The Kier molecular flexibility index (Phi) is 3.64. The summed E-state index contributed by atoms with van der Waals surface area (Å²) in [6.45, 7) is 6.76. The second kappa shape index (κ2) is 5.62. The maximum atomic E-state index is 5.60. The fourth-order valence-electron chi connectivity index (χ4n) is 3.87.